The molecule has 0 saturated heterocycles. The first-order valence-corrected chi connectivity index (χ1v) is 2.48. The number of H-pyrrole nitrogens is 1. The van der Waals surface area contributed by atoms with E-state index in [1.165, 1.54) is 0 Å². The van der Waals surface area contributed by atoms with Gasteiger partial charge in [0.25, 0.3) is 0 Å². The van der Waals surface area contributed by atoms with E-state index in [0.29, 0.717) is 0 Å². The molecule has 0 unspecified atom stereocenters. The molecular weight excluding hydrogens is 325 g/mol. The number of halogens is 2. The average Bonchev–Trinajstić information content (AvgIpc) is 1.86. The van der Waals surface area contributed by atoms with Gasteiger partial charge in [0.05, 0.1) is 0 Å². The van der Waals surface area contributed by atoms with Gasteiger partial charge in [0.1, 0.15) is 0 Å². The van der Waals surface area contributed by atoms with Crippen molar-refractivity contribution >= 4 is 4.29 Å². The van der Waals surface area contributed by atoms with Crippen molar-refractivity contribution in [3.63, 3.8) is 0 Å². The second-order valence-electron chi connectivity index (χ2n) is 0.994. The average molecular weight is 329 g/mol. The Kier molecular flexibility index (Phi) is 8.71. The van der Waals surface area contributed by atoms with Gasteiger partial charge < -0.3 is 34.0 Å². The predicted molar refractivity (Wildman–Crippen MR) is 20.4 cm³/mol. The first kappa shape index (κ1) is 11.6. The van der Waals surface area contributed by atoms with Gasteiger partial charge in [-0.2, -0.15) is 0 Å². The van der Waals surface area contributed by atoms with Crippen molar-refractivity contribution in [1.29, 1.82) is 0 Å². The minimum absolute atomic E-state index is 0. The zero-order chi connectivity index (χ0) is 4.41. The molecule has 1 rings (SSSR count). The Morgan fingerprint density at radius 2 is 2.00 bits per heavy atom. The second-order valence-corrected chi connectivity index (χ2v) is 1.88. The third-order valence-corrected chi connectivity index (χ3v) is 1.06. The molecule has 0 saturated carbocycles. The van der Waals surface area contributed by atoms with E-state index in [1.807, 2.05) is 18.3 Å². The van der Waals surface area contributed by atoms with Crippen LogP contribution in [-0.4, -0.2) is 4.98 Å². The summed E-state index contributed by atoms with van der Waals surface area (Å²) in [5.74, 6) is 0. The number of hydrogen-bond acceptors (Lipinski definition) is 0. The van der Waals surface area contributed by atoms with E-state index in [0.717, 1.165) is 4.29 Å². The zero-order valence-corrected chi connectivity index (χ0v) is 8.63. The van der Waals surface area contributed by atoms with Gasteiger partial charge in [-0.05, 0) is 0 Å². The summed E-state index contributed by atoms with van der Waals surface area (Å²) < 4.78 is 1.11. The van der Waals surface area contributed by atoms with Gasteiger partial charge in [0.2, 0.25) is 0 Å². The molecule has 8 heavy (non-hydrogen) atoms. The molecule has 0 aliphatic rings. The minimum atomic E-state index is 0. The molecule has 1 aromatic rings. The fourth-order valence-corrected chi connectivity index (χ4v) is 0.595. The van der Waals surface area contributed by atoms with E-state index in [2.05, 4.69) is 23.3 Å². The summed E-state index contributed by atoms with van der Waals surface area (Å²) in [6.45, 7) is 0. The van der Waals surface area contributed by atoms with E-state index in [4.69, 9.17) is 0 Å². The van der Waals surface area contributed by atoms with Gasteiger partial charge in [-0.15, -0.1) is 0 Å². The summed E-state index contributed by atoms with van der Waals surface area (Å²) in [6, 6.07) is 3.93. The van der Waals surface area contributed by atoms with E-state index in [1.54, 1.807) is 0 Å². The molecule has 1 N–H and O–H groups in total. The Morgan fingerprint density at radius 1 is 1.38 bits per heavy atom. The first-order valence-electron chi connectivity index (χ1n) is 1.66. The van der Waals surface area contributed by atoms with Crippen LogP contribution in [0.1, 0.15) is 0 Å². The van der Waals surface area contributed by atoms with Gasteiger partial charge in [-0.1, -0.05) is 0 Å². The SMILES string of the molecule is [Br-].[Br-].[Rh+2][c]1ccc[nH]1. The molecule has 48 valence electrons. The first-order chi connectivity index (χ1) is 2.89. The number of rotatable bonds is 0. The van der Waals surface area contributed by atoms with Gasteiger partial charge in [-0.25, -0.2) is 0 Å². The Labute approximate surface area is 79.5 Å². The molecule has 4 heteroatoms. The Bertz CT molecular complexity index is 118. The van der Waals surface area contributed by atoms with Crippen molar-refractivity contribution in [2.45, 2.75) is 0 Å². The molecule has 1 heterocycles. The molecule has 0 radical (unpaired) electrons. The number of hydrogen-bond donors (Lipinski definition) is 1. The Hall–Kier alpha value is 0.863. The van der Waals surface area contributed by atoms with Gasteiger partial charge >= 0.3 is 45.9 Å². The van der Waals surface area contributed by atoms with Gasteiger partial charge in [-0.3, -0.25) is 0 Å². The number of aromatic amines is 1. The van der Waals surface area contributed by atoms with Crippen LogP contribution in [-0.2, 0) is 18.3 Å². The maximum absolute atomic E-state index is 2.95. The molecular formula is C4H4Br2NRh. The predicted octanol–water partition coefficient (Wildman–Crippen LogP) is -5.81. The Morgan fingerprint density at radius 3 is 2.12 bits per heavy atom. The molecule has 0 aliphatic carbocycles. The van der Waals surface area contributed by atoms with Crippen LogP contribution in [0.25, 0.3) is 0 Å². The maximum atomic E-state index is 2.95. The van der Waals surface area contributed by atoms with Crippen molar-refractivity contribution < 1.29 is 52.3 Å². The van der Waals surface area contributed by atoms with Gasteiger partial charge in [0, 0.05) is 0 Å². The van der Waals surface area contributed by atoms with Crippen LogP contribution in [0.3, 0.4) is 0 Å². The van der Waals surface area contributed by atoms with Crippen molar-refractivity contribution in [2.75, 3.05) is 0 Å². The van der Waals surface area contributed by atoms with Crippen molar-refractivity contribution in [2.24, 2.45) is 0 Å². The fraction of sp³-hybridized carbons (Fsp3) is 0. The van der Waals surface area contributed by atoms with Crippen LogP contribution in [0.15, 0.2) is 18.3 Å². The molecule has 0 bridgehead atoms. The van der Waals surface area contributed by atoms with Crippen LogP contribution in [0.4, 0.5) is 0 Å². The number of aromatic nitrogens is 1. The quantitative estimate of drug-likeness (QED) is 0.457. The topological polar surface area (TPSA) is 15.8 Å². The third kappa shape index (κ3) is 3.82. The fourth-order valence-electron chi connectivity index (χ4n) is 0.300. The van der Waals surface area contributed by atoms with E-state index in [-0.39, 0.29) is 34.0 Å². The third-order valence-electron chi connectivity index (χ3n) is 0.546. The van der Waals surface area contributed by atoms with Crippen molar-refractivity contribution in [1.82, 2.24) is 4.98 Å². The molecule has 0 atom stereocenters. The van der Waals surface area contributed by atoms with Crippen molar-refractivity contribution in [3.05, 3.63) is 18.3 Å². The number of nitrogens with one attached hydrogen (secondary N) is 1. The summed E-state index contributed by atoms with van der Waals surface area (Å²) in [7, 11) is 0. The molecule has 1 aromatic heterocycles. The standard InChI is InChI=1S/C4H4N.2BrH.Rh/c1-2-4-5-3-1;;;/h1-3,5H;2*1H;/q;;;+2/p-2. The summed E-state index contributed by atoms with van der Waals surface area (Å²) in [5, 5.41) is 0. The Balaban J connectivity index is 0. The molecule has 1 nitrogen and oxygen atoms in total. The summed E-state index contributed by atoms with van der Waals surface area (Å²) in [5.41, 5.74) is 0. The summed E-state index contributed by atoms with van der Waals surface area (Å²) in [6.07, 6.45) is 1.88. The summed E-state index contributed by atoms with van der Waals surface area (Å²) >= 11 is 2.73. The van der Waals surface area contributed by atoms with Gasteiger partial charge in [0.15, 0.2) is 0 Å². The van der Waals surface area contributed by atoms with E-state index >= 15 is 0 Å². The molecule has 0 spiro atoms. The van der Waals surface area contributed by atoms with Crippen LogP contribution >= 0.6 is 0 Å². The van der Waals surface area contributed by atoms with E-state index < -0.39 is 0 Å². The van der Waals surface area contributed by atoms with Crippen LogP contribution in [0.2, 0.25) is 0 Å². The normalized spacial score (nSPS) is 6.62. The zero-order valence-electron chi connectivity index (χ0n) is 3.82. The van der Waals surface area contributed by atoms with Crippen LogP contribution in [0, 0.1) is 0 Å². The van der Waals surface area contributed by atoms with Crippen molar-refractivity contribution in [3.8, 4) is 0 Å². The molecule has 0 amide bonds. The molecule has 0 fully saturated rings. The summed E-state index contributed by atoms with van der Waals surface area (Å²) in [4.78, 5) is 2.95. The molecule has 0 aliphatic heterocycles. The van der Waals surface area contributed by atoms with E-state index in [9.17, 15) is 0 Å². The second kappa shape index (κ2) is 5.99. The molecule has 0 aromatic carbocycles. The van der Waals surface area contributed by atoms with Crippen LogP contribution in [0.5, 0.6) is 0 Å². The monoisotopic (exact) mass is 327 g/mol. The van der Waals surface area contributed by atoms with Crippen LogP contribution < -0.4 is 38.3 Å².